The van der Waals surface area contributed by atoms with Gasteiger partial charge in [0.25, 0.3) is 5.91 Å². The summed E-state index contributed by atoms with van der Waals surface area (Å²) in [6.07, 6.45) is 0. The first-order chi connectivity index (χ1) is 14.4. The number of halogens is 1. The molecule has 1 saturated heterocycles. The van der Waals surface area contributed by atoms with Gasteiger partial charge in [0.1, 0.15) is 11.6 Å². The molecule has 2 aromatic carbocycles. The molecule has 3 rings (SSSR count). The van der Waals surface area contributed by atoms with E-state index in [1.165, 1.54) is 29.8 Å². The molecule has 1 fully saturated rings. The van der Waals surface area contributed by atoms with E-state index in [2.05, 4.69) is 4.90 Å². The lowest BCUT2D eigenvalue weighted by Crippen LogP contribution is -2.52. The third kappa shape index (κ3) is 6.03. The first-order valence-electron chi connectivity index (χ1n) is 10.1. The zero-order chi connectivity index (χ0) is 21.5. The van der Waals surface area contributed by atoms with Crippen molar-refractivity contribution in [1.29, 1.82) is 0 Å². The van der Waals surface area contributed by atoms with Gasteiger partial charge in [-0.1, -0.05) is 24.3 Å². The lowest BCUT2D eigenvalue weighted by molar-refractivity contribution is -0.136. The van der Waals surface area contributed by atoms with Crippen LogP contribution in [0, 0.1) is 12.7 Å². The maximum atomic E-state index is 12.9. The predicted molar refractivity (Wildman–Crippen MR) is 113 cm³/mol. The third-order valence-corrected chi connectivity index (χ3v) is 5.35. The summed E-state index contributed by atoms with van der Waals surface area (Å²) in [4.78, 5) is 30.5. The van der Waals surface area contributed by atoms with Crippen LogP contribution in [0.25, 0.3) is 0 Å². The summed E-state index contributed by atoms with van der Waals surface area (Å²) in [6.45, 7) is 5.30. The number of piperazine rings is 1. The Morgan fingerprint density at radius 2 is 1.70 bits per heavy atom. The molecule has 0 saturated carbocycles. The number of rotatable bonds is 7. The van der Waals surface area contributed by atoms with Gasteiger partial charge in [-0.25, -0.2) is 4.39 Å². The number of aryl methyl sites for hydroxylation is 1. The molecule has 0 N–H and O–H groups in total. The molecule has 0 unspecified atom stereocenters. The molecule has 0 aliphatic carbocycles. The van der Waals surface area contributed by atoms with Gasteiger partial charge in [-0.3, -0.25) is 14.5 Å². The van der Waals surface area contributed by atoms with Gasteiger partial charge in [0.2, 0.25) is 5.91 Å². The summed E-state index contributed by atoms with van der Waals surface area (Å²) in [5.74, 6) is 0.0780. The predicted octanol–water partition coefficient (Wildman–Crippen LogP) is 2.32. The monoisotopic (exact) mass is 413 g/mol. The number of hydrogen-bond donors (Lipinski definition) is 0. The second-order valence-electron chi connectivity index (χ2n) is 7.58. The molecule has 0 radical (unpaired) electrons. The van der Waals surface area contributed by atoms with Crippen LogP contribution in [0.3, 0.4) is 0 Å². The Morgan fingerprint density at radius 1 is 1.03 bits per heavy atom. The van der Waals surface area contributed by atoms with Crippen molar-refractivity contribution in [2.45, 2.75) is 13.5 Å². The smallest absolute Gasteiger partial charge is 0.260 e. The number of hydrogen-bond acceptors (Lipinski definition) is 4. The van der Waals surface area contributed by atoms with Crippen LogP contribution >= 0.6 is 0 Å². The molecule has 0 bridgehead atoms. The Morgan fingerprint density at radius 3 is 2.37 bits per heavy atom. The molecule has 2 aromatic rings. The SMILES string of the molecule is Cc1ccccc1CN(C)C(=O)CN1CCN(C(=O)COc2ccc(F)cc2)CC1. The summed E-state index contributed by atoms with van der Waals surface area (Å²) in [5.41, 5.74) is 2.32. The number of benzene rings is 2. The van der Waals surface area contributed by atoms with Gasteiger partial charge >= 0.3 is 0 Å². The fourth-order valence-corrected chi connectivity index (χ4v) is 3.37. The van der Waals surface area contributed by atoms with E-state index in [-0.39, 0.29) is 24.2 Å². The minimum atomic E-state index is -0.344. The van der Waals surface area contributed by atoms with E-state index in [1.54, 1.807) is 9.80 Å². The maximum absolute atomic E-state index is 12.9. The van der Waals surface area contributed by atoms with Crippen LogP contribution in [-0.2, 0) is 16.1 Å². The first kappa shape index (κ1) is 21.8. The van der Waals surface area contributed by atoms with E-state index < -0.39 is 0 Å². The zero-order valence-electron chi connectivity index (χ0n) is 17.5. The summed E-state index contributed by atoms with van der Waals surface area (Å²) in [6, 6.07) is 13.7. The highest BCUT2D eigenvalue weighted by molar-refractivity contribution is 5.79. The minimum Gasteiger partial charge on any atom is -0.484 e. The van der Waals surface area contributed by atoms with Crippen LogP contribution in [-0.4, -0.2) is 72.9 Å². The van der Waals surface area contributed by atoms with Gasteiger partial charge in [0, 0.05) is 39.8 Å². The molecule has 160 valence electrons. The van der Waals surface area contributed by atoms with Gasteiger partial charge in [0.15, 0.2) is 6.61 Å². The van der Waals surface area contributed by atoms with Crippen molar-refractivity contribution in [3.63, 3.8) is 0 Å². The molecule has 2 amide bonds. The van der Waals surface area contributed by atoms with Crippen LogP contribution < -0.4 is 4.74 Å². The number of ether oxygens (including phenoxy) is 1. The number of carbonyl (C=O) groups excluding carboxylic acids is 2. The Hall–Kier alpha value is -2.93. The van der Waals surface area contributed by atoms with Crippen LogP contribution in [0.5, 0.6) is 5.75 Å². The molecule has 1 aliphatic heterocycles. The van der Waals surface area contributed by atoms with Crippen LogP contribution in [0.1, 0.15) is 11.1 Å². The Kier molecular flexibility index (Phi) is 7.41. The van der Waals surface area contributed by atoms with Gasteiger partial charge in [-0.2, -0.15) is 0 Å². The van der Waals surface area contributed by atoms with Crippen molar-refractivity contribution < 1.29 is 18.7 Å². The average Bonchev–Trinajstić information content (AvgIpc) is 2.75. The average molecular weight is 413 g/mol. The molecule has 0 atom stereocenters. The Bertz CT molecular complexity index is 864. The number of carbonyl (C=O) groups is 2. The molecule has 1 heterocycles. The lowest BCUT2D eigenvalue weighted by Gasteiger charge is -2.35. The van der Waals surface area contributed by atoms with Crippen molar-refractivity contribution >= 4 is 11.8 Å². The number of amides is 2. The van der Waals surface area contributed by atoms with Crippen molar-refractivity contribution in [3.8, 4) is 5.75 Å². The second kappa shape index (κ2) is 10.2. The Labute approximate surface area is 176 Å². The standard InChI is InChI=1S/C23H28FN3O3/c1-18-5-3-4-6-19(18)15-25(2)22(28)16-26-11-13-27(14-12-26)23(29)17-30-21-9-7-20(24)8-10-21/h3-10H,11-17H2,1-2H3. The molecular weight excluding hydrogens is 385 g/mol. The maximum Gasteiger partial charge on any atom is 0.260 e. The highest BCUT2D eigenvalue weighted by Crippen LogP contribution is 2.12. The van der Waals surface area contributed by atoms with Crippen LogP contribution in [0.15, 0.2) is 48.5 Å². The van der Waals surface area contributed by atoms with E-state index >= 15 is 0 Å². The van der Waals surface area contributed by atoms with E-state index in [9.17, 15) is 14.0 Å². The van der Waals surface area contributed by atoms with E-state index in [1.807, 2.05) is 38.2 Å². The van der Waals surface area contributed by atoms with Crippen molar-refractivity contribution in [3.05, 3.63) is 65.5 Å². The number of nitrogens with zero attached hydrogens (tertiary/aromatic N) is 3. The van der Waals surface area contributed by atoms with Gasteiger partial charge in [0.05, 0.1) is 6.54 Å². The summed E-state index contributed by atoms with van der Waals surface area (Å²) in [7, 11) is 1.82. The van der Waals surface area contributed by atoms with Crippen LogP contribution in [0.2, 0.25) is 0 Å². The highest BCUT2D eigenvalue weighted by Gasteiger charge is 2.23. The zero-order valence-corrected chi connectivity index (χ0v) is 17.5. The first-order valence-corrected chi connectivity index (χ1v) is 10.1. The highest BCUT2D eigenvalue weighted by atomic mass is 19.1. The molecule has 7 heteroatoms. The lowest BCUT2D eigenvalue weighted by atomic mass is 10.1. The van der Waals surface area contributed by atoms with E-state index in [0.717, 1.165) is 5.56 Å². The summed E-state index contributed by atoms with van der Waals surface area (Å²) in [5, 5.41) is 0. The third-order valence-electron chi connectivity index (χ3n) is 5.35. The summed E-state index contributed by atoms with van der Waals surface area (Å²) >= 11 is 0. The van der Waals surface area contributed by atoms with Crippen molar-refractivity contribution in [1.82, 2.24) is 14.7 Å². The molecule has 1 aliphatic rings. The van der Waals surface area contributed by atoms with Gasteiger partial charge in [-0.05, 0) is 42.3 Å². The minimum absolute atomic E-state index is 0.0673. The van der Waals surface area contributed by atoms with Crippen molar-refractivity contribution in [2.75, 3.05) is 46.4 Å². The van der Waals surface area contributed by atoms with Gasteiger partial charge in [-0.15, -0.1) is 0 Å². The fourth-order valence-electron chi connectivity index (χ4n) is 3.37. The van der Waals surface area contributed by atoms with E-state index in [4.69, 9.17) is 4.74 Å². The second-order valence-corrected chi connectivity index (χ2v) is 7.58. The van der Waals surface area contributed by atoms with Crippen molar-refractivity contribution in [2.24, 2.45) is 0 Å². The molecule has 6 nitrogen and oxygen atoms in total. The van der Waals surface area contributed by atoms with Crippen LogP contribution in [0.4, 0.5) is 4.39 Å². The largest absolute Gasteiger partial charge is 0.484 e. The fraction of sp³-hybridized carbons (Fsp3) is 0.391. The molecular formula is C23H28FN3O3. The normalized spacial score (nSPS) is 14.4. The quantitative estimate of drug-likeness (QED) is 0.699. The molecule has 0 spiro atoms. The molecule has 30 heavy (non-hydrogen) atoms. The van der Waals surface area contributed by atoms with E-state index in [0.29, 0.717) is 45.0 Å². The van der Waals surface area contributed by atoms with Gasteiger partial charge < -0.3 is 14.5 Å². The Balaban J connectivity index is 1.40. The summed E-state index contributed by atoms with van der Waals surface area (Å²) < 4.78 is 18.4. The molecule has 0 aromatic heterocycles. The number of likely N-dealkylation sites (N-methyl/N-ethyl adjacent to an activating group) is 1. The topological polar surface area (TPSA) is 53.1 Å².